The highest BCUT2D eigenvalue weighted by atomic mass is 19.1. The first-order valence-corrected chi connectivity index (χ1v) is 11.3. The molecule has 28 heavy (non-hydrogen) atoms. The lowest BCUT2D eigenvalue weighted by Gasteiger charge is -2.41. The van der Waals surface area contributed by atoms with Crippen LogP contribution in [0.4, 0.5) is 4.39 Å². The van der Waals surface area contributed by atoms with Gasteiger partial charge >= 0.3 is 0 Å². The Morgan fingerprint density at radius 3 is 2.39 bits per heavy atom. The van der Waals surface area contributed by atoms with Crippen molar-refractivity contribution in [3.63, 3.8) is 0 Å². The number of halogens is 1. The predicted molar refractivity (Wildman–Crippen MR) is 111 cm³/mol. The molecule has 154 valence electrons. The number of likely N-dealkylation sites (tertiary alicyclic amines) is 2. The first-order chi connectivity index (χ1) is 13.6. The Morgan fingerprint density at radius 1 is 1.04 bits per heavy atom. The van der Waals surface area contributed by atoms with Gasteiger partial charge in [-0.1, -0.05) is 31.9 Å². The van der Waals surface area contributed by atoms with Crippen molar-refractivity contribution in [1.82, 2.24) is 9.80 Å². The Bertz CT molecular complexity index is 660. The topological polar surface area (TPSA) is 23.6 Å². The Morgan fingerprint density at radius 2 is 1.71 bits per heavy atom. The van der Waals surface area contributed by atoms with Crippen LogP contribution in [0.15, 0.2) is 24.3 Å². The minimum absolute atomic E-state index is 0.224. The van der Waals surface area contributed by atoms with Crippen molar-refractivity contribution >= 4 is 5.91 Å². The first-order valence-electron chi connectivity index (χ1n) is 11.3. The molecule has 3 nitrogen and oxygen atoms in total. The molecule has 0 spiro atoms. The third-order valence-electron chi connectivity index (χ3n) is 7.46. The van der Waals surface area contributed by atoms with E-state index in [-0.39, 0.29) is 5.82 Å². The van der Waals surface area contributed by atoms with E-state index in [0.717, 1.165) is 63.2 Å². The van der Waals surface area contributed by atoms with Crippen LogP contribution in [0.3, 0.4) is 0 Å². The summed E-state index contributed by atoms with van der Waals surface area (Å²) in [5.41, 5.74) is 0.597. The molecule has 2 aliphatic heterocycles. The monoisotopic (exact) mass is 386 g/mol. The van der Waals surface area contributed by atoms with E-state index in [4.69, 9.17) is 0 Å². The quantitative estimate of drug-likeness (QED) is 0.754. The van der Waals surface area contributed by atoms with Crippen molar-refractivity contribution in [1.29, 1.82) is 0 Å². The minimum Gasteiger partial charge on any atom is -0.342 e. The van der Waals surface area contributed by atoms with Crippen LogP contribution < -0.4 is 0 Å². The fraction of sp³-hybridized carbons (Fsp3) is 0.708. The average molecular weight is 387 g/mol. The van der Waals surface area contributed by atoms with Gasteiger partial charge in [0.1, 0.15) is 5.82 Å². The molecule has 2 saturated heterocycles. The molecule has 4 heteroatoms. The summed E-state index contributed by atoms with van der Waals surface area (Å²) in [5, 5.41) is 0. The molecular formula is C24H35FN2O. The van der Waals surface area contributed by atoms with Gasteiger partial charge in [-0.2, -0.15) is 0 Å². The van der Waals surface area contributed by atoms with Crippen molar-refractivity contribution in [2.24, 2.45) is 11.8 Å². The highest BCUT2D eigenvalue weighted by Crippen LogP contribution is 2.43. The summed E-state index contributed by atoms with van der Waals surface area (Å²) in [6.07, 6.45) is 8.95. The molecule has 2 heterocycles. The Labute approximate surface area is 169 Å². The molecule has 1 unspecified atom stereocenters. The molecule has 3 aliphatic rings. The first kappa shape index (κ1) is 19.9. The van der Waals surface area contributed by atoms with E-state index >= 15 is 0 Å². The predicted octanol–water partition coefficient (Wildman–Crippen LogP) is 4.61. The van der Waals surface area contributed by atoms with Crippen molar-refractivity contribution < 1.29 is 9.18 Å². The zero-order chi connectivity index (χ0) is 19.6. The van der Waals surface area contributed by atoms with E-state index in [1.807, 2.05) is 12.1 Å². The lowest BCUT2D eigenvalue weighted by Crippen LogP contribution is -2.51. The third-order valence-corrected chi connectivity index (χ3v) is 7.46. The van der Waals surface area contributed by atoms with Crippen LogP contribution in [0.5, 0.6) is 0 Å². The zero-order valence-electron chi connectivity index (χ0n) is 17.3. The van der Waals surface area contributed by atoms with Gasteiger partial charge in [0, 0.05) is 19.6 Å². The fourth-order valence-corrected chi connectivity index (χ4v) is 5.68. The Kier molecular flexibility index (Phi) is 6.05. The number of benzene rings is 1. The second kappa shape index (κ2) is 8.52. The molecule has 0 radical (unpaired) electrons. The van der Waals surface area contributed by atoms with Gasteiger partial charge in [0.2, 0.25) is 5.91 Å². The summed E-state index contributed by atoms with van der Waals surface area (Å²) in [4.78, 5) is 18.5. The smallest absolute Gasteiger partial charge is 0.233 e. The largest absolute Gasteiger partial charge is 0.342 e. The van der Waals surface area contributed by atoms with E-state index in [1.54, 1.807) is 0 Å². The molecule has 1 aliphatic carbocycles. The molecule has 0 bridgehead atoms. The molecule has 0 N–H and O–H groups in total. The number of carbonyl (C=O) groups is 1. The molecule has 0 aromatic heterocycles. The molecule has 1 atom stereocenters. The highest BCUT2D eigenvalue weighted by Gasteiger charge is 2.45. The van der Waals surface area contributed by atoms with E-state index in [2.05, 4.69) is 16.7 Å². The highest BCUT2D eigenvalue weighted by molar-refractivity contribution is 5.88. The molecular weight excluding hydrogens is 351 g/mol. The summed E-state index contributed by atoms with van der Waals surface area (Å²) in [5.74, 6) is 1.53. The maximum absolute atomic E-state index is 13.7. The van der Waals surface area contributed by atoms with Crippen LogP contribution in [-0.2, 0) is 10.2 Å². The molecule has 1 aromatic carbocycles. The van der Waals surface area contributed by atoms with Gasteiger partial charge in [-0.3, -0.25) is 4.79 Å². The van der Waals surface area contributed by atoms with E-state index in [0.29, 0.717) is 11.8 Å². The summed E-state index contributed by atoms with van der Waals surface area (Å²) >= 11 is 0. The van der Waals surface area contributed by atoms with Gasteiger partial charge in [-0.15, -0.1) is 0 Å². The van der Waals surface area contributed by atoms with Crippen molar-refractivity contribution in [3.05, 3.63) is 35.6 Å². The number of hydrogen-bond acceptors (Lipinski definition) is 2. The average Bonchev–Trinajstić information content (AvgIpc) is 3.21. The van der Waals surface area contributed by atoms with Crippen LogP contribution in [-0.4, -0.2) is 48.4 Å². The van der Waals surface area contributed by atoms with Gasteiger partial charge in [0.15, 0.2) is 0 Å². The molecule has 1 aromatic rings. The Hall–Kier alpha value is -1.42. The third kappa shape index (κ3) is 4.12. The number of amides is 1. The zero-order valence-corrected chi connectivity index (χ0v) is 17.3. The second-order valence-electron chi connectivity index (χ2n) is 9.54. The summed E-state index contributed by atoms with van der Waals surface area (Å²) < 4.78 is 13.5. The van der Waals surface area contributed by atoms with Crippen molar-refractivity contribution in [3.8, 4) is 0 Å². The standard InChI is InChI=1S/C24H35FN2O/c1-19-10-15-26(16-11-19)17-20-5-4-14-27(18-20)23(28)24(12-2-3-13-24)21-6-8-22(25)9-7-21/h6-9,19-20H,2-5,10-18H2,1H3. The van der Waals surface area contributed by atoms with Crippen LogP contribution in [0.2, 0.25) is 0 Å². The Balaban J connectivity index is 1.44. The SMILES string of the molecule is CC1CCN(CC2CCCN(C(=O)C3(c4ccc(F)cc4)CCCC3)C2)CC1. The summed E-state index contributed by atoms with van der Waals surface area (Å²) in [6.45, 7) is 7.70. The van der Waals surface area contributed by atoms with Crippen molar-refractivity contribution in [2.45, 2.75) is 63.7 Å². The molecule has 1 saturated carbocycles. The number of rotatable bonds is 4. The van der Waals surface area contributed by atoms with Crippen LogP contribution in [0.1, 0.15) is 63.9 Å². The van der Waals surface area contributed by atoms with E-state index in [1.165, 1.54) is 44.5 Å². The number of nitrogens with zero attached hydrogens (tertiary/aromatic N) is 2. The maximum Gasteiger partial charge on any atom is 0.233 e. The minimum atomic E-state index is -0.420. The maximum atomic E-state index is 13.7. The van der Waals surface area contributed by atoms with E-state index < -0.39 is 5.41 Å². The van der Waals surface area contributed by atoms with Crippen LogP contribution in [0.25, 0.3) is 0 Å². The fourth-order valence-electron chi connectivity index (χ4n) is 5.68. The van der Waals surface area contributed by atoms with Crippen LogP contribution >= 0.6 is 0 Å². The van der Waals surface area contributed by atoms with Gasteiger partial charge < -0.3 is 9.80 Å². The van der Waals surface area contributed by atoms with Crippen LogP contribution in [0, 0.1) is 17.7 Å². The van der Waals surface area contributed by atoms with E-state index in [9.17, 15) is 9.18 Å². The lowest BCUT2D eigenvalue weighted by molar-refractivity contribution is -0.139. The lowest BCUT2D eigenvalue weighted by atomic mass is 9.77. The summed E-state index contributed by atoms with van der Waals surface area (Å²) in [7, 11) is 0. The number of hydrogen-bond donors (Lipinski definition) is 0. The summed E-state index contributed by atoms with van der Waals surface area (Å²) in [6, 6.07) is 6.71. The van der Waals surface area contributed by atoms with Crippen molar-refractivity contribution in [2.75, 3.05) is 32.7 Å². The number of piperidine rings is 2. The van der Waals surface area contributed by atoms with Gasteiger partial charge in [-0.05, 0) is 81.1 Å². The van der Waals surface area contributed by atoms with Gasteiger partial charge in [0.25, 0.3) is 0 Å². The van der Waals surface area contributed by atoms with Gasteiger partial charge in [-0.25, -0.2) is 4.39 Å². The normalized spacial score (nSPS) is 26.5. The molecule has 4 rings (SSSR count). The number of carbonyl (C=O) groups excluding carboxylic acids is 1. The molecule has 1 amide bonds. The van der Waals surface area contributed by atoms with Gasteiger partial charge in [0.05, 0.1) is 5.41 Å². The molecule has 3 fully saturated rings. The second-order valence-corrected chi connectivity index (χ2v) is 9.54.